The molecule has 0 atom stereocenters. The van der Waals surface area contributed by atoms with Crippen LogP contribution in [0.4, 0.5) is 8.78 Å². The van der Waals surface area contributed by atoms with Crippen LogP contribution in [0.2, 0.25) is 5.02 Å². The molecule has 13 heavy (non-hydrogen) atoms. The summed E-state index contributed by atoms with van der Waals surface area (Å²) >= 11 is 5.37. The number of H-pyrrole nitrogens is 1. The standard InChI is InChI=1S/C7H6ClF2NO2/c1-13-3-2-11-5(7(9)10)4(8)6(3)12/h2,7H,1H3,(H,11,12). The molecule has 0 aliphatic heterocycles. The average Bonchev–Trinajstić information content (AvgIpc) is 2.09. The van der Waals surface area contributed by atoms with Crippen LogP contribution in [0.3, 0.4) is 0 Å². The van der Waals surface area contributed by atoms with Crippen LogP contribution in [-0.2, 0) is 0 Å². The SMILES string of the molecule is COc1c[nH]c(C(F)F)c(Cl)c1=O. The van der Waals surface area contributed by atoms with Crippen LogP contribution >= 0.6 is 11.6 Å². The topological polar surface area (TPSA) is 42.1 Å². The van der Waals surface area contributed by atoms with Gasteiger partial charge in [0.25, 0.3) is 6.43 Å². The van der Waals surface area contributed by atoms with Crippen LogP contribution in [0.15, 0.2) is 11.0 Å². The van der Waals surface area contributed by atoms with E-state index in [1.807, 2.05) is 0 Å². The molecule has 0 aliphatic carbocycles. The molecule has 0 bridgehead atoms. The van der Waals surface area contributed by atoms with Gasteiger partial charge in [-0.2, -0.15) is 0 Å². The Morgan fingerprint density at radius 1 is 1.62 bits per heavy atom. The van der Waals surface area contributed by atoms with Crippen LogP contribution in [-0.4, -0.2) is 12.1 Å². The van der Waals surface area contributed by atoms with Crippen molar-refractivity contribution >= 4 is 11.6 Å². The number of alkyl halides is 2. The van der Waals surface area contributed by atoms with E-state index < -0.39 is 22.6 Å². The first kappa shape index (κ1) is 9.98. The number of pyridine rings is 1. The fraction of sp³-hybridized carbons (Fsp3) is 0.286. The van der Waals surface area contributed by atoms with E-state index in [-0.39, 0.29) is 5.75 Å². The number of hydrogen-bond donors (Lipinski definition) is 1. The minimum atomic E-state index is -2.80. The van der Waals surface area contributed by atoms with Gasteiger partial charge < -0.3 is 9.72 Å². The lowest BCUT2D eigenvalue weighted by atomic mass is 10.3. The first-order valence-electron chi connectivity index (χ1n) is 3.31. The molecule has 1 aromatic rings. The van der Waals surface area contributed by atoms with E-state index in [4.69, 9.17) is 11.6 Å². The molecule has 0 unspecified atom stereocenters. The summed E-state index contributed by atoms with van der Waals surface area (Å²) in [5.41, 5.74) is -1.33. The van der Waals surface area contributed by atoms with Crippen molar-refractivity contribution in [1.29, 1.82) is 0 Å². The molecule has 0 fully saturated rings. The number of methoxy groups -OCH3 is 1. The lowest BCUT2D eigenvalue weighted by molar-refractivity contribution is 0.146. The number of hydrogen-bond acceptors (Lipinski definition) is 2. The van der Waals surface area contributed by atoms with Gasteiger partial charge >= 0.3 is 0 Å². The maximum Gasteiger partial charge on any atom is 0.279 e. The zero-order chi connectivity index (χ0) is 10.0. The van der Waals surface area contributed by atoms with E-state index in [0.29, 0.717) is 0 Å². The van der Waals surface area contributed by atoms with Gasteiger partial charge in [0.1, 0.15) is 10.7 Å². The molecule has 3 nitrogen and oxygen atoms in total. The molecular formula is C7H6ClF2NO2. The molecule has 0 saturated carbocycles. The number of nitrogens with one attached hydrogen (secondary N) is 1. The minimum absolute atomic E-state index is 0.0885. The minimum Gasteiger partial charge on any atom is -0.491 e. The van der Waals surface area contributed by atoms with Crippen molar-refractivity contribution in [3.05, 3.63) is 27.1 Å². The largest absolute Gasteiger partial charge is 0.491 e. The molecule has 0 aromatic carbocycles. The van der Waals surface area contributed by atoms with Gasteiger partial charge in [-0.1, -0.05) is 11.6 Å². The van der Waals surface area contributed by atoms with Crippen molar-refractivity contribution in [3.63, 3.8) is 0 Å². The summed E-state index contributed by atoms with van der Waals surface area (Å²) in [5.74, 6) is -0.0885. The van der Waals surface area contributed by atoms with E-state index in [9.17, 15) is 13.6 Å². The molecule has 1 aromatic heterocycles. The summed E-state index contributed by atoms with van der Waals surface area (Å²) in [5, 5.41) is -0.533. The number of aromatic amines is 1. The predicted octanol–water partition coefficient (Wildman–Crippen LogP) is 1.97. The van der Waals surface area contributed by atoms with E-state index in [2.05, 4.69) is 9.72 Å². The Morgan fingerprint density at radius 2 is 2.23 bits per heavy atom. The van der Waals surface area contributed by atoms with Gasteiger partial charge in [-0.25, -0.2) is 8.78 Å². The van der Waals surface area contributed by atoms with Gasteiger partial charge in [0.2, 0.25) is 5.43 Å². The Kier molecular flexibility index (Phi) is 2.87. The van der Waals surface area contributed by atoms with Gasteiger partial charge in [-0.05, 0) is 0 Å². The maximum atomic E-state index is 12.1. The molecule has 1 rings (SSSR count). The number of halogens is 3. The normalized spacial score (nSPS) is 10.5. The second-order valence-electron chi connectivity index (χ2n) is 2.21. The summed E-state index contributed by atoms with van der Waals surface area (Å²) < 4.78 is 28.9. The highest BCUT2D eigenvalue weighted by Gasteiger charge is 2.17. The Morgan fingerprint density at radius 3 is 2.69 bits per heavy atom. The first-order valence-corrected chi connectivity index (χ1v) is 3.69. The third kappa shape index (κ3) is 1.80. The maximum absolute atomic E-state index is 12.1. The van der Waals surface area contributed by atoms with Crippen molar-refractivity contribution in [1.82, 2.24) is 4.98 Å². The summed E-state index contributed by atoms with van der Waals surface area (Å²) in [6, 6.07) is 0. The number of ether oxygens (including phenoxy) is 1. The molecule has 0 amide bonds. The zero-order valence-electron chi connectivity index (χ0n) is 6.61. The van der Waals surface area contributed by atoms with Crippen molar-refractivity contribution in [2.24, 2.45) is 0 Å². The van der Waals surface area contributed by atoms with Gasteiger partial charge in [0.15, 0.2) is 5.75 Å². The smallest absolute Gasteiger partial charge is 0.279 e. The Hall–Kier alpha value is -1.10. The summed E-state index contributed by atoms with van der Waals surface area (Å²) in [6.07, 6.45) is -1.75. The highest BCUT2D eigenvalue weighted by molar-refractivity contribution is 6.31. The van der Waals surface area contributed by atoms with E-state index >= 15 is 0 Å². The lowest BCUT2D eigenvalue weighted by Crippen LogP contribution is -2.10. The monoisotopic (exact) mass is 209 g/mol. The second kappa shape index (κ2) is 3.74. The fourth-order valence-corrected chi connectivity index (χ4v) is 1.04. The summed E-state index contributed by atoms with van der Waals surface area (Å²) in [7, 11) is 1.25. The summed E-state index contributed by atoms with van der Waals surface area (Å²) in [4.78, 5) is 13.3. The summed E-state index contributed by atoms with van der Waals surface area (Å²) in [6.45, 7) is 0. The second-order valence-corrected chi connectivity index (χ2v) is 2.59. The first-order chi connectivity index (χ1) is 6.07. The molecule has 1 N–H and O–H groups in total. The molecule has 0 saturated heterocycles. The van der Waals surface area contributed by atoms with Crippen LogP contribution in [0.25, 0.3) is 0 Å². The van der Waals surface area contributed by atoms with Crippen molar-refractivity contribution in [3.8, 4) is 5.75 Å². The van der Waals surface area contributed by atoms with Gasteiger partial charge in [0.05, 0.1) is 7.11 Å². The molecule has 1 heterocycles. The lowest BCUT2D eigenvalue weighted by Gasteiger charge is -2.04. The van der Waals surface area contributed by atoms with Gasteiger partial charge in [-0.15, -0.1) is 0 Å². The van der Waals surface area contributed by atoms with Crippen LogP contribution in [0, 0.1) is 0 Å². The highest BCUT2D eigenvalue weighted by atomic mass is 35.5. The fourth-order valence-electron chi connectivity index (χ4n) is 0.813. The highest BCUT2D eigenvalue weighted by Crippen LogP contribution is 2.23. The van der Waals surface area contributed by atoms with E-state index in [1.54, 1.807) is 0 Å². The van der Waals surface area contributed by atoms with Crippen LogP contribution in [0.1, 0.15) is 12.1 Å². The average molecular weight is 210 g/mol. The molecule has 72 valence electrons. The molecular weight excluding hydrogens is 204 g/mol. The Bertz CT molecular complexity index is 364. The molecule has 0 aliphatic rings. The van der Waals surface area contributed by atoms with Crippen molar-refractivity contribution < 1.29 is 13.5 Å². The molecule has 0 spiro atoms. The van der Waals surface area contributed by atoms with Crippen LogP contribution in [0.5, 0.6) is 5.75 Å². The number of rotatable bonds is 2. The third-order valence-electron chi connectivity index (χ3n) is 1.46. The number of aromatic nitrogens is 1. The van der Waals surface area contributed by atoms with Gasteiger partial charge in [0, 0.05) is 6.20 Å². The van der Waals surface area contributed by atoms with E-state index in [0.717, 1.165) is 6.20 Å². The molecule has 0 radical (unpaired) electrons. The zero-order valence-corrected chi connectivity index (χ0v) is 7.36. The third-order valence-corrected chi connectivity index (χ3v) is 1.83. The van der Waals surface area contributed by atoms with E-state index in [1.165, 1.54) is 7.11 Å². The molecule has 6 heteroatoms. The van der Waals surface area contributed by atoms with Gasteiger partial charge in [-0.3, -0.25) is 4.79 Å². The Balaban J connectivity index is 3.32. The predicted molar refractivity (Wildman–Crippen MR) is 43.6 cm³/mol. The Labute approximate surface area is 77.3 Å². The quantitative estimate of drug-likeness (QED) is 0.809. The van der Waals surface area contributed by atoms with Crippen LogP contribution < -0.4 is 10.2 Å². The van der Waals surface area contributed by atoms with Crippen molar-refractivity contribution in [2.45, 2.75) is 6.43 Å². The van der Waals surface area contributed by atoms with Crippen molar-refractivity contribution in [2.75, 3.05) is 7.11 Å².